The van der Waals surface area contributed by atoms with Crippen molar-refractivity contribution in [1.82, 2.24) is 0 Å². The number of aliphatic hydroxyl groups excluding tert-OH is 1. The molecule has 1 amide bonds. The largest absolute Gasteiger partial charge is 0.507 e. The summed E-state index contributed by atoms with van der Waals surface area (Å²) in [6.45, 7) is 6.05. The molecule has 1 aliphatic rings. The Morgan fingerprint density at radius 1 is 1.00 bits per heavy atom. The van der Waals surface area contributed by atoms with Crippen molar-refractivity contribution in [2.24, 2.45) is 0 Å². The van der Waals surface area contributed by atoms with Gasteiger partial charge in [-0.2, -0.15) is 0 Å². The molecule has 1 atom stereocenters. The summed E-state index contributed by atoms with van der Waals surface area (Å²) in [6, 6.07) is 16.6. The van der Waals surface area contributed by atoms with Crippen molar-refractivity contribution in [1.29, 1.82) is 0 Å². The van der Waals surface area contributed by atoms with Crippen LogP contribution in [-0.4, -0.2) is 30.5 Å². The SMILES string of the molecule is CCOc1cc(/C(O)=C2\C(=O)C(=O)N(c3cc(C)cc(C)c3)C2c2ccccc2OC)ccc1Cl. The van der Waals surface area contributed by atoms with E-state index in [4.69, 9.17) is 21.1 Å². The van der Waals surface area contributed by atoms with Crippen molar-refractivity contribution in [2.45, 2.75) is 26.8 Å². The van der Waals surface area contributed by atoms with Gasteiger partial charge < -0.3 is 14.6 Å². The van der Waals surface area contributed by atoms with Crippen LogP contribution in [-0.2, 0) is 9.59 Å². The highest BCUT2D eigenvalue weighted by atomic mass is 35.5. The topological polar surface area (TPSA) is 76.1 Å². The third-order valence-corrected chi connectivity index (χ3v) is 6.18. The molecule has 6 nitrogen and oxygen atoms in total. The molecule has 1 saturated heterocycles. The molecular weight excluding hydrogens is 466 g/mol. The van der Waals surface area contributed by atoms with Gasteiger partial charge in [-0.3, -0.25) is 14.5 Å². The predicted molar refractivity (Wildman–Crippen MR) is 136 cm³/mol. The normalized spacial score (nSPS) is 17.1. The van der Waals surface area contributed by atoms with Gasteiger partial charge in [-0.15, -0.1) is 0 Å². The molecule has 0 radical (unpaired) electrons. The number of hydrogen-bond acceptors (Lipinski definition) is 5. The van der Waals surface area contributed by atoms with Gasteiger partial charge in [0.1, 0.15) is 17.3 Å². The van der Waals surface area contributed by atoms with E-state index in [1.165, 1.54) is 12.0 Å². The maximum absolute atomic E-state index is 13.4. The van der Waals surface area contributed by atoms with Gasteiger partial charge in [0.25, 0.3) is 11.7 Å². The Bertz CT molecular complexity index is 1330. The van der Waals surface area contributed by atoms with Gasteiger partial charge in [0.2, 0.25) is 0 Å². The molecule has 35 heavy (non-hydrogen) atoms. The lowest BCUT2D eigenvalue weighted by Crippen LogP contribution is -2.29. The van der Waals surface area contributed by atoms with Gasteiger partial charge in [-0.25, -0.2) is 0 Å². The zero-order valence-corrected chi connectivity index (χ0v) is 20.7. The molecule has 3 aromatic rings. The average molecular weight is 492 g/mol. The van der Waals surface area contributed by atoms with E-state index in [1.807, 2.05) is 39.0 Å². The van der Waals surface area contributed by atoms with E-state index < -0.39 is 17.7 Å². The maximum Gasteiger partial charge on any atom is 0.300 e. The number of aryl methyl sites for hydroxylation is 2. The van der Waals surface area contributed by atoms with Crippen LogP contribution in [0.4, 0.5) is 5.69 Å². The summed E-state index contributed by atoms with van der Waals surface area (Å²) in [4.78, 5) is 28.3. The van der Waals surface area contributed by atoms with E-state index in [-0.39, 0.29) is 11.3 Å². The second kappa shape index (κ2) is 9.84. The fourth-order valence-corrected chi connectivity index (χ4v) is 4.62. The Balaban J connectivity index is 1.99. The monoisotopic (exact) mass is 491 g/mol. The van der Waals surface area contributed by atoms with Gasteiger partial charge in [0.15, 0.2) is 0 Å². The number of benzene rings is 3. The minimum absolute atomic E-state index is 0.0385. The molecule has 180 valence electrons. The molecule has 0 bridgehead atoms. The van der Waals surface area contributed by atoms with Crippen molar-refractivity contribution >= 4 is 34.7 Å². The minimum Gasteiger partial charge on any atom is -0.507 e. The molecule has 1 N–H and O–H groups in total. The van der Waals surface area contributed by atoms with Gasteiger partial charge in [-0.05, 0) is 68.3 Å². The van der Waals surface area contributed by atoms with Crippen molar-refractivity contribution in [3.8, 4) is 11.5 Å². The van der Waals surface area contributed by atoms with Crippen LogP contribution in [0.25, 0.3) is 5.76 Å². The molecule has 0 aliphatic carbocycles. The molecule has 1 heterocycles. The summed E-state index contributed by atoms with van der Waals surface area (Å²) < 4.78 is 11.1. The minimum atomic E-state index is -0.904. The third kappa shape index (κ3) is 4.49. The first-order chi connectivity index (χ1) is 16.8. The number of halogens is 1. The van der Waals surface area contributed by atoms with Crippen LogP contribution in [0.15, 0.2) is 66.2 Å². The number of hydrogen-bond donors (Lipinski definition) is 1. The smallest absolute Gasteiger partial charge is 0.300 e. The number of ketones is 1. The number of nitrogens with zero attached hydrogens (tertiary/aromatic N) is 1. The zero-order valence-electron chi connectivity index (χ0n) is 20.0. The number of rotatable bonds is 6. The highest BCUT2D eigenvalue weighted by Gasteiger charge is 2.48. The van der Waals surface area contributed by atoms with Crippen LogP contribution in [0, 0.1) is 13.8 Å². The standard InChI is InChI=1S/C28H26ClNO5/c1-5-35-23-15-18(10-11-21(23)29)26(31)24-25(20-8-6-7-9-22(20)34-4)30(28(33)27(24)32)19-13-16(2)12-17(3)14-19/h6-15,25,31H,5H2,1-4H3/b26-24+. The number of Topliss-reactive ketones (excluding diaryl/α,β-unsaturated/α-hetero) is 1. The summed E-state index contributed by atoms with van der Waals surface area (Å²) in [7, 11) is 1.52. The predicted octanol–water partition coefficient (Wildman–Crippen LogP) is 5.99. The summed E-state index contributed by atoms with van der Waals surface area (Å²) in [5.41, 5.74) is 3.30. The van der Waals surface area contributed by atoms with Crippen LogP contribution in [0.3, 0.4) is 0 Å². The van der Waals surface area contributed by atoms with E-state index in [2.05, 4.69) is 0 Å². The Kier molecular flexibility index (Phi) is 6.85. The lowest BCUT2D eigenvalue weighted by atomic mass is 9.94. The quantitative estimate of drug-likeness (QED) is 0.260. The summed E-state index contributed by atoms with van der Waals surface area (Å²) in [5.74, 6) is -0.970. The number of carbonyl (C=O) groups is 2. The van der Waals surface area contributed by atoms with E-state index in [1.54, 1.807) is 42.5 Å². The second-order valence-corrected chi connectivity index (χ2v) is 8.74. The van der Waals surface area contributed by atoms with Crippen LogP contribution in [0.1, 0.15) is 35.2 Å². The molecule has 3 aromatic carbocycles. The van der Waals surface area contributed by atoms with E-state index >= 15 is 0 Å². The molecule has 1 aliphatic heterocycles. The highest BCUT2D eigenvalue weighted by Crippen LogP contribution is 2.45. The van der Waals surface area contributed by atoms with Crippen LogP contribution >= 0.6 is 11.6 Å². The van der Waals surface area contributed by atoms with Crippen LogP contribution in [0.2, 0.25) is 5.02 Å². The molecule has 1 unspecified atom stereocenters. The first-order valence-electron chi connectivity index (χ1n) is 11.2. The Labute approximate surface area is 209 Å². The van der Waals surface area contributed by atoms with Crippen LogP contribution < -0.4 is 14.4 Å². The van der Waals surface area contributed by atoms with E-state index in [0.29, 0.717) is 39.9 Å². The number of methoxy groups -OCH3 is 1. The van der Waals surface area contributed by atoms with Crippen molar-refractivity contribution < 1.29 is 24.2 Å². The third-order valence-electron chi connectivity index (χ3n) is 5.87. The Morgan fingerprint density at radius 2 is 1.69 bits per heavy atom. The Morgan fingerprint density at radius 3 is 2.34 bits per heavy atom. The number of amides is 1. The van der Waals surface area contributed by atoms with Gasteiger partial charge in [0.05, 0.1) is 30.4 Å². The van der Waals surface area contributed by atoms with E-state index in [9.17, 15) is 14.7 Å². The fourth-order valence-electron chi connectivity index (χ4n) is 4.45. The molecule has 0 spiro atoms. The summed E-state index contributed by atoms with van der Waals surface area (Å²) in [5, 5.41) is 11.8. The highest BCUT2D eigenvalue weighted by molar-refractivity contribution is 6.51. The number of ether oxygens (including phenoxy) is 2. The summed E-state index contributed by atoms with van der Waals surface area (Å²) in [6.07, 6.45) is 0. The lowest BCUT2D eigenvalue weighted by molar-refractivity contribution is -0.132. The Hall–Kier alpha value is -3.77. The lowest BCUT2D eigenvalue weighted by Gasteiger charge is -2.27. The number of anilines is 1. The fraction of sp³-hybridized carbons (Fsp3) is 0.214. The van der Waals surface area contributed by atoms with E-state index in [0.717, 1.165) is 11.1 Å². The zero-order chi connectivity index (χ0) is 25.3. The molecule has 1 fully saturated rings. The number of para-hydroxylation sites is 1. The number of carbonyl (C=O) groups excluding carboxylic acids is 2. The molecule has 7 heteroatoms. The van der Waals surface area contributed by atoms with Gasteiger partial charge in [0, 0.05) is 16.8 Å². The second-order valence-electron chi connectivity index (χ2n) is 8.34. The maximum atomic E-state index is 13.4. The van der Waals surface area contributed by atoms with Gasteiger partial charge >= 0.3 is 0 Å². The van der Waals surface area contributed by atoms with Crippen molar-refractivity contribution in [2.75, 3.05) is 18.6 Å². The first kappa shape index (κ1) is 24.4. The van der Waals surface area contributed by atoms with Crippen molar-refractivity contribution in [3.05, 3.63) is 93.5 Å². The molecule has 4 rings (SSSR count). The van der Waals surface area contributed by atoms with Gasteiger partial charge in [-0.1, -0.05) is 35.9 Å². The first-order valence-corrected chi connectivity index (χ1v) is 11.6. The molecular formula is C28H26ClNO5. The molecule has 0 saturated carbocycles. The molecule has 0 aromatic heterocycles. The average Bonchev–Trinajstić information content (AvgIpc) is 3.09. The van der Waals surface area contributed by atoms with Crippen molar-refractivity contribution in [3.63, 3.8) is 0 Å². The van der Waals surface area contributed by atoms with Crippen LogP contribution in [0.5, 0.6) is 11.5 Å². The number of aliphatic hydroxyl groups is 1. The summed E-state index contributed by atoms with van der Waals surface area (Å²) >= 11 is 6.22.